The lowest BCUT2D eigenvalue weighted by Gasteiger charge is -2.35. The van der Waals surface area contributed by atoms with Crippen LogP contribution in [0.1, 0.15) is 0 Å². The molecule has 0 atom stereocenters. The summed E-state index contributed by atoms with van der Waals surface area (Å²) in [6.45, 7) is 2.17. The van der Waals surface area contributed by atoms with Gasteiger partial charge in [0.2, 0.25) is 5.91 Å². The van der Waals surface area contributed by atoms with Crippen molar-refractivity contribution >= 4 is 11.7 Å². The van der Waals surface area contributed by atoms with E-state index in [0.29, 0.717) is 43.3 Å². The van der Waals surface area contributed by atoms with E-state index in [4.69, 9.17) is 4.42 Å². The number of hydrogen-bond acceptors (Lipinski definition) is 8. The van der Waals surface area contributed by atoms with Crippen molar-refractivity contribution in [1.82, 2.24) is 29.9 Å². The zero-order chi connectivity index (χ0) is 22.6. The average Bonchev–Trinajstić information content (AvgIpc) is 3.41. The highest BCUT2D eigenvalue weighted by molar-refractivity contribution is 5.76. The molecule has 0 spiro atoms. The summed E-state index contributed by atoms with van der Waals surface area (Å²) in [5.74, 6) is 1.14. The highest BCUT2D eigenvalue weighted by Gasteiger charge is 2.23. The van der Waals surface area contributed by atoms with Crippen LogP contribution in [0, 0.1) is 0 Å². The number of rotatable bonds is 5. The second-order valence-electron chi connectivity index (χ2n) is 7.55. The summed E-state index contributed by atoms with van der Waals surface area (Å²) in [6, 6.07) is 15.9. The van der Waals surface area contributed by atoms with Gasteiger partial charge in [-0.1, -0.05) is 6.07 Å². The number of pyridine rings is 1. The van der Waals surface area contributed by atoms with Crippen molar-refractivity contribution in [3.05, 3.63) is 77.4 Å². The van der Waals surface area contributed by atoms with E-state index < -0.39 is 0 Å². The lowest BCUT2D eigenvalue weighted by molar-refractivity contribution is -0.132. The van der Waals surface area contributed by atoms with Crippen LogP contribution in [0.4, 0.5) is 5.82 Å². The first-order valence-electron chi connectivity index (χ1n) is 10.6. The Morgan fingerprint density at radius 3 is 2.42 bits per heavy atom. The molecule has 4 aromatic heterocycles. The standard InChI is InChI=1S/C23H21N7O3/c31-22-9-7-19(20-5-3-15-33-20)27-30(22)16-23(32)29-13-11-28(12-14-29)21-8-6-18(25-26-21)17-4-1-2-10-24-17/h1-10,15H,11-14,16H2. The van der Waals surface area contributed by atoms with Crippen molar-refractivity contribution in [2.75, 3.05) is 31.1 Å². The van der Waals surface area contributed by atoms with Gasteiger partial charge in [0.05, 0.1) is 12.0 Å². The van der Waals surface area contributed by atoms with Gasteiger partial charge in [-0.25, -0.2) is 4.68 Å². The van der Waals surface area contributed by atoms with E-state index in [1.54, 1.807) is 29.3 Å². The van der Waals surface area contributed by atoms with Gasteiger partial charge in [-0.15, -0.1) is 10.2 Å². The number of carbonyl (C=O) groups is 1. The minimum absolute atomic E-state index is 0.119. The molecule has 10 heteroatoms. The maximum Gasteiger partial charge on any atom is 0.267 e. The first-order chi connectivity index (χ1) is 16.2. The molecule has 4 aromatic rings. The lowest BCUT2D eigenvalue weighted by atomic mass is 10.2. The SMILES string of the molecule is O=C(Cn1nc(-c2ccco2)ccc1=O)N1CCN(c2ccc(-c3ccccn3)nn2)CC1. The molecule has 10 nitrogen and oxygen atoms in total. The molecule has 5 heterocycles. The summed E-state index contributed by atoms with van der Waals surface area (Å²) in [5.41, 5.74) is 1.65. The van der Waals surface area contributed by atoms with E-state index in [9.17, 15) is 9.59 Å². The second-order valence-corrected chi connectivity index (χ2v) is 7.55. The maximum atomic E-state index is 12.8. The zero-order valence-corrected chi connectivity index (χ0v) is 17.7. The minimum atomic E-state index is -0.333. The molecule has 0 saturated carbocycles. The summed E-state index contributed by atoms with van der Waals surface area (Å²) >= 11 is 0. The number of anilines is 1. The Hall–Kier alpha value is -4.34. The van der Waals surface area contributed by atoms with Crippen molar-refractivity contribution in [3.8, 4) is 22.8 Å². The normalized spacial score (nSPS) is 13.8. The number of hydrogen-bond donors (Lipinski definition) is 0. The van der Waals surface area contributed by atoms with Gasteiger partial charge in [0.25, 0.3) is 5.56 Å². The number of carbonyl (C=O) groups excluding carboxylic acids is 1. The minimum Gasteiger partial charge on any atom is -0.463 e. The zero-order valence-electron chi connectivity index (χ0n) is 17.7. The molecular weight excluding hydrogens is 422 g/mol. The third-order valence-electron chi connectivity index (χ3n) is 5.46. The number of amides is 1. The van der Waals surface area contributed by atoms with Crippen molar-refractivity contribution in [1.29, 1.82) is 0 Å². The highest BCUT2D eigenvalue weighted by Crippen LogP contribution is 2.18. The van der Waals surface area contributed by atoms with E-state index in [1.807, 2.05) is 30.3 Å². The summed E-state index contributed by atoms with van der Waals surface area (Å²) < 4.78 is 6.50. The van der Waals surface area contributed by atoms with E-state index in [1.165, 1.54) is 17.0 Å². The van der Waals surface area contributed by atoms with Crippen LogP contribution in [0.5, 0.6) is 0 Å². The summed E-state index contributed by atoms with van der Waals surface area (Å²) in [5, 5.41) is 12.9. The molecule has 1 aliphatic heterocycles. The fourth-order valence-corrected chi connectivity index (χ4v) is 3.68. The first-order valence-corrected chi connectivity index (χ1v) is 10.6. The fraction of sp³-hybridized carbons (Fsp3) is 0.217. The van der Waals surface area contributed by atoms with Crippen LogP contribution in [-0.2, 0) is 11.3 Å². The Morgan fingerprint density at radius 2 is 1.73 bits per heavy atom. The van der Waals surface area contributed by atoms with Crippen molar-refractivity contribution < 1.29 is 9.21 Å². The van der Waals surface area contributed by atoms with Crippen molar-refractivity contribution in [2.45, 2.75) is 6.54 Å². The van der Waals surface area contributed by atoms with Gasteiger partial charge in [-0.05, 0) is 42.5 Å². The molecule has 5 rings (SSSR count). The Bertz CT molecular complexity index is 1280. The summed E-state index contributed by atoms with van der Waals surface area (Å²) in [7, 11) is 0. The van der Waals surface area contributed by atoms with Crippen LogP contribution in [0.2, 0.25) is 0 Å². The third kappa shape index (κ3) is 4.49. The van der Waals surface area contributed by atoms with Crippen LogP contribution in [0.3, 0.4) is 0 Å². The number of nitrogens with zero attached hydrogens (tertiary/aromatic N) is 7. The van der Waals surface area contributed by atoms with Crippen LogP contribution in [-0.4, -0.2) is 61.9 Å². The molecule has 0 N–H and O–H groups in total. The third-order valence-corrected chi connectivity index (χ3v) is 5.46. The maximum absolute atomic E-state index is 12.8. The predicted octanol–water partition coefficient (Wildman–Crippen LogP) is 1.70. The Labute approximate surface area is 189 Å². The molecule has 0 unspecified atom stereocenters. The second kappa shape index (κ2) is 9.03. The van der Waals surface area contributed by atoms with E-state index in [2.05, 4.69) is 25.2 Å². The van der Waals surface area contributed by atoms with E-state index >= 15 is 0 Å². The smallest absolute Gasteiger partial charge is 0.267 e. The molecule has 1 aliphatic rings. The highest BCUT2D eigenvalue weighted by atomic mass is 16.3. The molecule has 1 amide bonds. The first kappa shape index (κ1) is 20.6. The molecule has 0 aromatic carbocycles. The monoisotopic (exact) mass is 443 g/mol. The van der Waals surface area contributed by atoms with Crippen molar-refractivity contribution in [2.24, 2.45) is 0 Å². The quantitative estimate of drug-likeness (QED) is 0.458. The number of furan rings is 1. The van der Waals surface area contributed by atoms with Gasteiger partial charge in [0.1, 0.15) is 17.9 Å². The molecule has 0 bridgehead atoms. The average molecular weight is 443 g/mol. The fourth-order valence-electron chi connectivity index (χ4n) is 3.68. The lowest BCUT2D eigenvalue weighted by Crippen LogP contribution is -2.50. The van der Waals surface area contributed by atoms with Crippen LogP contribution in [0.25, 0.3) is 22.8 Å². The predicted molar refractivity (Wildman–Crippen MR) is 120 cm³/mol. The number of aromatic nitrogens is 5. The van der Waals surface area contributed by atoms with Crippen molar-refractivity contribution in [3.63, 3.8) is 0 Å². The van der Waals surface area contributed by atoms with Gasteiger partial charge in [-0.3, -0.25) is 14.6 Å². The van der Waals surface area contributed by atoms with Gasteiger partial charge in [-0.2, -0.15) is 5.10 Å². The van der Waals surface area contributed by atoms with E-state index in [0.717, 1.165) is 11.5 Å². The Kier molecular flexibility index (Phi) is 5.62. The van der Waals surface area contributed by atoms with E-state index in [-0.39, 0.29) is 18.0 Å². The molecule has 166 valence electrons. The van der Waals surface area contributed by atoms with Crippen LogP contribution >= 0.6 is 0 Å². The molecule has 1 fully saturated rings. The van der Waals surface area contributed by atoms with Crippen LogP contribution < -0.4 is 10.5 Å². The Morgan fingerprint density at radius 1 is 0.879 bits per heavy atom. The molecule has 0 aliphatic carbocycles. The van der Waals surface area contributed by atoms with Crippen LogP contribution in [0.15, 0.2) is 76.3 Å². The number of piperazine rings is 1. The van der Waals surface area contributed by atoms with Gasteiger partial charge < -0.3 is 14.2 Å². The van der Waals surface area contributed by atoms with Gasteiger partial charge >= 0.3 is 0 Å². The Balaban J connectivity index is 1.20. The summed E-state index contributed by atoms with van der Waals surface area (Å²) in [6.07, 6.45) is 3.26. The summed E-state index contributed by atoms with van der Waals surface area (Å²) in [4.78, 5) is 33.1. The topological polar surface area (TPSA) is 110 Å². The molecule has 0 radical (unpaired) electrons. The van der Waals surface area contributed by atoms with Gasteiger partial charge in [0.15, 0.2) is 11.6 Å². The molecular formula is C23H21N7O3. The largest absolute Gasteiger partial charge is 0.463 e. The molecule has 1 saturated heterocycles. The van der Waals surface area contributed by atoms with Gasteiger partial charge in [0, 0.05) is 38.4 Å². The molecule has 33 heavy (non-hydrogen) atoms.